The Morgan fingerprint density at radius 3 is 1.48 bits per heavy atom. The fourth-order valence-electron chi connectivity index (χ4n) is 1.90. The first-order valence-corrected chi connectivity index (χ1v) is 8.60. The van der Waals surface area contributed by atoms with Gasteiger partial charge in [0.25, 0.3) is 0 Å². The van der Waals surface area contributed by atoms with Crippen molar-refractivity contribution in [1.82, 2.24) is 0 Å². The normalized spacial score (nSPS) is 9.74. The summed E-state index contributed by atoms with van der Waals surface area (Å²) in [7, 11) is 0. The summed E-state index contributed by atoms with van der Waals surface area (Å²) in [5.41, 5.74) is 2.63. The fourth-order valence-corrected chi connectivity index (χ4v) is 1.90. The molecule has 126 valence electrons. The van der Waals surface area contributed by atoms with Gasteiger partial charge < -0.3 is 9.47 Å². The van der Waals surface area contributed by atoms with Crippen LogP contribution in [-0.4, -0.2) is 13.2 Å². The topological polar surface area (TPSA) is 18.5 Å². The van der Waals surface area contributed by atoms with Gasteiger partial charge in [-0.1, -0.05) is 50.6 Å². The molecule has 0 aliphatic rings. The smallest absolute Gasteiger partial charge is 0.119 e. The number of aryl methyl sites for hydroxylation is 2. The lowest BCUT2D eigenvalue weighted by Gasteiger charge is -2.04. The minimum atomic E-state index is 0.809. The van der Waals surface area contributed by atoms with Gasteiger partial charge >= 0.3 is 0 Å². The van der Waals surface area contributed by atoms with Crippen LogP contribution in [0.3, 0.4) is 0 Å². The van der Waals surface area contributed by atoms with E-state index in [4.69, 9.17) is 9.47 Å². The van der Waals surface area contributed by atoms with Gasteiger partial charge in [0.15, 0.2) is 0 Å². The van der Waals surface area contributed by atoms with E-state index in [0.717, 1.165) is 44.0 Å². The van der Waals surface area contributed by atoms with Crippen LogP contribution in [0.5, 0.6) is 11.5 Å². The second-order valence-electron chi connectivity index (χ2n) is 5.51. The molecule has 2 nitrogen and oxygen atoms in total. The number of hydrogen-bond acceptors (Lipinski definition) is 2. The minimum Gasteiger partial charge on any atom is -0.494 e. The third-order valence-electron chi connectivity index (χ3n) is 3.30. The van der Waals surface area contributed by atoms with Crippen LogP contribution in [0.2, 0.25) is 0 Å². The first-order valence-electron chi connectivity index (χ1n) is 8.60. The second kappa shape index (κ2) is 11.6. The predicted octanol–water partition coefficient (Wildman–Crippen LogP) is 5.82. The molecule has 2 aromatic rings. The molecule has 0 radical (unpaired) electrons. The monoisotopic (exact) mass is 314 g/mol. The maximum Gasteiger partial charge on any atom is 0.119 e. The Morgan fingerprint density at radius 2 is 1.09 bits per heavy atom. The van der Waals surface area contributed by atoms with Crippen LogP contribution in [0.25, 0.3) is 0 Å². The zero-order chi connectivity index (χ0) is 16.9. The molecule has 0 aromatic heterocycles. The number of hydrogen-bond donors (Lipinski definition) is 0. The average Bonchev–Trinajstić information content (AvgIpc) is 2.60. The van der Waals surface area contributed by atoms with E-state index in [1.807, 2.05) is 24.3 Å². The molecule has 2 aromatic carbocycles. The molecule has 0 saturated heterocycles. The highest BCUT2D eigenvalue weighted by Crippen LogP contribution is 2.12. The number of benzene rings is 2. The van der Waals surface area contributed by atoms with Crippen molar-refractivity contribution in [3.05, 3.63) is 59.7 Å². The van der Waals surface area contributed by atoms with E-state index < -0.39 is 0 Å². The molecule has 2 rings (SSSR count). The lowest BCUT2D eigenvalue weighted by atomic mass is 10.2. The Hall–Kier alpha value is -1.96. The van der Waals surface area contributed by atoms with Crippen LogP contribution in [-0.2, 0) is 6.42 Å². The highest BCUT2D eigenvalue weighted by atomic mass is 16.5. The van der Waals surface area contributed by atoms with Crippen LogP contribution in [0.15, 0.2) is 48.5 Å². The van der Waals surface area contributed by atoms with Gasteiger partial charge in [-0.25, -0.2) is 0 Å². The molecule has 2 heteroatoms. The summed E-state index contributed by atoms with van der Waals surface area (Å²) in [5.74, 6) is 1.95. The zero-order valence-corrected chi connectivity index (χ0v) is 15.0. The maximum atomic E-state index is 5.45. The molecule has 0 bridgehead atoms. The molecule has 0 atom stereocenters. The van der Waals surface area contributed by atoms with Crippen LogP contribution in [0.1, 0.15) is 44.7 Å². The van der Waals surface area contributed by atoms with Crippen molar-refractivity contribution >= 4 is 0 Å². The van der Waals surface area contributed by atoms with Gasteiger partial charge in [-0.3, -0.25) is 0 Å². The van der Waals surface area contributed by atoms with Gasteiger partial charge in [-0.2, -0.15) is 0 Å². The summed E-state index contributed by atoms with van der Waals surface area (Å²) in [4.78, 5) is 0. The van der Waals surface area contributed by atoms with Crippen LogP contribution < -0.4 is 9.47 Å². The highest BCUT2D eigenvalue weighted by molar-refractivity contribution is 5.27. The Balaban J connectivity index is 0.000000231. The fraction of sp³-hybridized carbons (Fsp3) is 0.429. The van der Waals surface area contributed by atoms with E-state index >= 15 is 0 Å². The summed E-state index contributed by atoms with van der Waals surface area (Å²) < 4.78 is 10.9. The SMILES string of the molecule is CCCOc1ccc(C)cc1.CCCOc1ccc(CC)cc1. The standard InChI is InChI=1S/C11H16O.C10H14O/c1-3-9-12-11-7-5-10(4-2)6-8-11;1-3-8-11-10-6-4-9(2)5-7-10/h5-8H,3-4,9H2,1-2H3;4-7H,3,8H2,1-2H3. The van der Waals surface area contributed by atoms with E-state index in [9.17, 15) is 0 Å². The van der Waals surface area contributed by atoms with Crippen LogP contribution in [0.4, 0.5) is 0 Å². The zero-order valence-electron chi connectivity index (χ0n) is 15.0. The first-order chi connectivity index (χ1) is 11.2. The maximum absolute atomic E-state index is 5.45. The summed E-state index contributed by atoms with van der Waals surface area (Å²) in [6, 6.07) is 16.4. The van der Waals surface area contributed by atoms with Gasteiger partial charge in [0.2, 0.25) is 0 Å². The van der Waals surface area contributed by atoms with Crippen molar-refractivity contribution in [3.63, 3.8) is 0 Å². The molecule has 0 unspecified atom stereocenters. The number of ether oxygens (including phenoxy) is 2. The molecule has 0 N–H and O–H groups in total. The molecule has 0 saturated carbocycles. The highest BCUT2D eigenvalue weighted by Gasteiger charge is 1.92. The van der Waals surface area contributed by atoms with Gasteiger partial charge in [0, 0.05) is 0 Å². The summed E-state index contributed by atoms with van der Waals surface area (Å²) in [6.45, 7) is 10.1. The van der Waals surface area contributed by atoms with Crippen molar-refractivity contribution in [1.29, 1.82) is 0 Å². The first kappa shape index (κ1) is 19.1. The molecule has 0 aliphatic heterocycles. The average molecular weight is 314 g/mol. The lowest BCUT2D eigenvalue weighted by Crippen LogP contribution is -1.94. The van der Waals surface area contributed by atoms with Crippen molar-refractivity contribution in [2.75, 3.05) is 13.2 Å². The van der Waals surface area contributed by atoms with Gasteiger partial charge in [0.05, 0.1) is 13.2 Å². The molecule has 0 fully saturated rings. The predicted molar refractivity (Wildman–Crippen MR) is 98.6 cm³/mol. The quantitative estimate of drug-likeness (QED) is 0.641. The third-order valence-corrected chi connectivity index (χ3v) is 3.30. The van der Waals surface area contributed by atoms with Crippen molar-refractivity contribution < 1.29 is 9.47 Å². The van der Waals surface area contributed by atoms with E-state index in [0.29, 0.717) is 0 Å². The molecule has 0 amide bonds. The van der Waals surface area contributed by atoms with Gasteiger partial charge in [-0.05, 0) is 56.0 Å². The molecule has 0 spiro atoms. The van der Waals surface area contributed by atoms with E-state index in [2.05, 4.69) is 52.0 Å². The van der Waals surface area contributed by atoms with Crippen LogP contribution >= 0.6 is 0 Å². The Morgan fingerprint density at radius 1 is 0.652 bits per heavy atom. The van der Waals surface area contributed by atoms with Gasteiger partial charge in [-0.15, -0.1) is 0 Å². The Bertz CT molecular complexity index is 515. The third kappa shape index (κ3) is 8.29. The van der Waals surface area contributed by atoms with E-state index in [1.54, 1.807) is 0 Å². The Labute approximate surface area is 141 Å². The summed E-state index contributed by atoms with van der Waals surface area (Å²) in [5, 5.41) is 0. The van der Waals surface area contributed by atoms with Crippen molar-refractivity contribution in [2.45, 2.75) is 47.0 Å². The second-order valence-corrected chi connectivity index (χ2v) is 5.51. The van der Waals surface area contributed by atoms with E-state index in [1.165, 1.54) is 11.1 Å². The lowest BCUT2D eigenvalue weighted by molar-refractivity contribution is 0.317. The molecule has 0 heterocycles. The minimum absolute atomic E-state index is 0.809. The Kier molecular flexibility index (Phi) is 9.62. The van der Waals surface area contributed by atoms with Crippen molar-refractivity contribution in [3.8, 4) is 11.5 Å². The summed E-state index contributed by atoms with van der Waals surface area (Å²) in [6.07, 6.45) is 3.22. The van der Waals surface area contributed by atoms with Crippen molar-refractivity contribution in [2.24, 2.45) is 0 Å². The molecular formula is C21H30O2. The largest absolute Gasteiger partial charge is 0.494 e. The molecule has 0 aliphatic carbocycles. The van der Waals surface area contributed by atoms with Gasteiger partial charge in [0.1, 0.15) is 11.5 Å². The number of rotatable bonds is 7. The molecule has 23 heavy (non-hydrogen) atoms. The van der Waals surface area contributed by atoms with E-state index in [-0.39, 0.29) is 0 Å². The molecular weight excluding hydrogens is 284 g/mol. The van der Waals surface area contributed by atoms with Crippen LogP contribution in [0, 0.1) is 6.92 Å². The summed E-state index contributed by atoms with van der Waals surface area (Å²) >= 11 is 0.